The standard InChI is InChI=1S/C13H9BrClN3O/c1-19-11-5-9(14)4-10(6-11)17-13-3-8(7-16)2-12(15)18-13/h2-6H,1H3,(H,17,18). The number of hydrogen-bond donors (Lipinski definition) is 1. The van der Waals surface area contributed by atoms with Crippen LogP contribution in [0.1, 0.15) is 5.56 Å². The highest BCUT2D eigenvalue weighted by atomic mass is 79.9. The van der Waals surface area contributed by atoms with Crippen LogP contribution in [-0.2, 0) is 0 Å². The molecule has 0 saturated carbocycles. The smallest absolute Gasteiger partial charge is 0.133 e. The van der Waals surface area contributed by atoms with Crippen molar-refractivity contribution in [2.24, 2.45) is 0 Å². The normalized spacial score (nSPS) is 9.79. The zero-order valence-electron chi connectivity index (χ0n) is 9.95. The zero-order valence-corrected chi connectivity index (χ0v) is 12.3. The number of pyridine rings is 1. The van der Waals surface area contributed by atoms with Crippen molar-refractivity contribution >= 4 is 39.0 Å². The summed E-state index contributed by atoms with van der Waals surface area (Å²) in [5.41, 5.74) is 1.23. The van der Waals surface area contributed by atoms with Crippen molar-refractivity contribution in [3.05, 3.63) is 45.5 Å². The molecule has 0 spiro atoms. The van der Waals surface area contributed by atoms with Crippen LogP contribution in [0.15, 0.2) is 34.8 Å². The minimum absolute atomic E-state index is 0.267. The average molecular weight is 339 g/mol. The Morgan fingerprint density at radius 3 is 2.79 bits per heavy atom. The fraction of sp³-hybridized carbons (Fsp3) is 0.0769. The van der Waals surface area contributed by atoms with Crippen molar-refractivity contribution in [3.8, 4) is 11.8 Å². The summed E-state index contributed by atoms with van der Waals surface area (Å²) < 4.78 is 6.05. The number of nitriles is 1. The molecule has 6 heteroatoms. The van der Waals surface area contributed by atoms with E-state index in [0.717, 1.165) is 10.2 Å². The molecule has 0 aliphatic carbocycles. The van der Waals surface area contributed by atoms with Crippen molar-refractivity contribution in [2.45, 2.75) is 0 Å². The number of ether oxygens (including phenoxy) is 1. The number of aromatic nitrogens is 1. The van der Waals surface area contributed by atoms with E-state index in [1.54, 1.807) is 13.2 Å². The maximum atomic E-state index is 8.89. The van der Waals surface area contributed by atoms with Gasteiger partial charge in [0.25, 0.3) is 0 Å². The highest BCUT2D eigenvalue weighted by molar-refractivity contribution is 9.10. The lowest BCUT2D eigenvalue weighted by atomic mass is 10.2. The molecule has 1 heterocycles. The summed E-state index contributed by atoms with van der Waals surface area (Å²) in [6.45, 7) is 0. The van der Waals surface area contributed by atoms with Gasteiger partial charge in [0, 0.05) is 16.2 Å². The molecule has 0 aliphatic rings. The van der Waals surface area contributed by atoms with Gasteiger partial charge in [0.1, 0.15) is 16.7 Å². The third kappa shape index (κ3) is 3.60. The van der Waals surface area contributed by atoms with Gasteiger partial charge in [-0.05, 0) is 24.3 Å². The number of methoxy groups -OCH3 is 1. The Hall–Kier alpha value is -1.77. The van der Waals surface area contributed by atoms with Crippen LogP contribution >= 0.6 is 27.5 Å². The predicted molar refractivity (Wildman–Crippen MR) is 77.9 cm³/mol. The van der Waals surface area contributed by atoms with Crippen LogP contribution < -0.4 is 10.1 Å². The van der Waals surface area contributed by atoms with Gasteiger partial charge in [-0.3, -0.25) is 0 Å². The molecular formula is C13H9BrClN3O. The molecule has 4 nitrogen and oxygen atoms in total. The molecule has 0 atom stereocenters. The SMILES string of the molecule is COc1cc(Br)cc(Nc2cc(C#N)cc(Cl)n2)c1. The summed E-state index contributed by atoms with van der Waals surface area (Å²) >= 11 is 9.24. The lowest BCUT2D eigenvalue weighted by Gasteiger charge is -2.09. The van der Waals surface area contributed by atoms with E-state index in [0.29, 0.717) is 17.1 Å². The molecule has 0 bridgehead atoms. The fourth-order valence-electron chi connectivity index (χ4n) is 1.53. The van der Waals surface area contributed by atoms with Crippen LogP contribution in [0.3, 0.4) is 0 Å². The van der Waals surface area contributed by atoms with E-state index in [1.165, 1.54) is 6.07 Å². The van der Waals surface area contributed by atoms with Crippen LogP contribution in [0.4, 0.5) is 11.5 Å². The molecule has 0 aliphatic heterocycles. The summed E-state index contributed by atoms with van der Waals surface area (Å²) in [7, 11) is 1.59. The van der Waals surface area contributed by atoms with Gasteiger partial charge in [-0.2, -0.15) is 5.26 Å². The number of nitrogens with zero attached hydrogens (tertiary/aromatic N) is 2. The molecule has 96 valence electrons. The summed E-state index contributed by atoms with van der Waals surface area (Å²) in [5, 5.41) is 12.2. The highest BCUT2D eigenvalue weighted by Crippen LogP contribution is 2.27. The maximum absolute atomic E-state index is 8.89. The number of anilines is 2. The third-order valence-corrected chi connectivity index (χ3v) is 2.95. The molecule has 0 saturated heterocycles. The average Bonchev–Trinajstić information content (AvgIpc) is 2.37. The number of nitrogens with one attached hydrogen (secondary N) is 1. The number of benzene rings is 1. The van der Waals surface area contributed by atoms with Gasteiger partial charge in [-0.1, -0.05) is 27.5 Å². The Balaban J connectivity index is 2.33. The van der Waals surface area contributed by atoms with Crippen molar-refractivity contribution < 1.29 is 4.74 Å². The van der Waals surface area contributed by atoms with Gasteiger partial charge in [-0.15, -0.1) is 0 Å². The van der Waals surface area contributed by atoms with E-state index in [-0.39, 0.29) is 5.15 Å². The summed E-state index contributed by atoms with van der Waals surface area (Å²) in [6, 6.07) is 10.7. The van der Waals surface area contributed by atoms with Gasteiger partial charge in [0.2, 0.25) is 0 Å². The van der Waals surface area contributed by atoms with E-state index in [2.05, 4.69) is 26.2 Å². The van der Waals surface area contributed by atoms with Crippen LogP contribution in [0.25, 0.3) is 0 Å². The largest absolute Gasteiger partial charge is 0.497 e. The summed E-state index contributed by atoms with van der Waals surface area (Å²) in [4.78, 5) is 4.11. The minimum Gasteiger partial charge on any atom is -0.497 e. The minimum atomic E-state index is 0.267. The molecule has 2 rings (SSSR count). The molecule has 0 radical (unpaired) electrons. The molecule has 0 unspecified atom stereocenters. The van der Waals surface area contributed by atoms with Crippen LogP contribution in [0, 0.1) is 11.3 Å². The van der Waals surface area contributed by atoms with Gasteiger partial charge in [0.15, 0.2) is 0 Å². The number of halogens is 2. The van der Waals surface area contributed by atoms with Gasteiger partial charge in [0.05, 0.1) is 18.7 Å². The van der Waals surface area contributed by atoms with E-state index < -0.39 is 0 Å². The zero-order chi connectivity index (χ0) is 13.8. The molecule has 19 heavy (non-hydrogen) atoms. The van der Waals surface area contributed by atoms with E-state index in [1.807, 2.05) is 24.3 Å². The second-order valence-electron chi connectivity index (χ2n) is 3.68. The molecule has 1 aromatic carbocycles. The number of rotatable bonds is 3. The Kier molecular flexibility index (Phi) is 4.25. The number of hydrogen-bond acceptors (Lipinski definition) is 4. The quantitative estimate of drug-likeness (QED) is 0.855. The van der Waals surface area contributed by atoms with E-state index >= 15 is 0 Å². The van der Waals surface area contributed by atoms with Crippen molar-refractivity contribution in [1.82, 2.24) is 4.98 Å². The van der Waals surface area contributed by atoms with E-state index in [9.17, 15) is 0 Å². The summed E-state index contributed by atoms with van der Waals surface area (Å²) in [6.07, 6.45) is 0. The first-order chi connectivity index (χ1) is 9.10. The second kappa shape index (κ2) is 5.91. The Morgan fingerprint density at radius 1 is 1.32 bits per heavy atom. The van der Waals surface area contributed by atoms with Gasteiger partial charge >= 0.3 is 0 Å². The first-order valence-corrected chi connectivity index (χ1v) is 6.47. The molecule has 1 N–H and O–H groups in total. The molecule has 2 aromatic rings. The van der Waals surface area contributed by atoms with Gasteiger partial charge < -0.3 is 10.1 Å². The van der Waals surface area contributed by atoms with Gasteiger partial charge in [-0.25, -0.2) is 4.98 Å². The molecule has 1 aromatic heterocycles. The Bertz CT molecular complexity index is 655. The monoisotopic (exact) mass is 337 g/mol. The second-order valence-corrected chi connectivity index (χ2v) is 4.98. The van der Waals surface area contributed by atoms with Crippen LogP contribution in [0.5, 0.6) is 5.75 Å². The molecule has 0 fully saturated rings. The summed E-state index contributed by atoms with van der Waals surface area (Å²) in [5.74, 6) is 1.21. The molecule has 0 amide bonds. The Morgan fingerprint density at radius 2 is 2.11 bits per heavy atom. The topological polar surface area (TPSA) is 57.9 Å². The first-order valence-electron chi connectivity index (χ1n) is 5.30. The predicted octanol–water partition coefficient (Wildman–Crippen LogP) is 4.12. The first kappa shape index (κ1) is 13.7. The van der Waals surface area contributed by atoms with Crippen LogP contribution in [-0.4, -0.2) is 12.1 Å². The molecular weight excluding hydrogens is 330 g/mol. The van der Waals surface area contributed by atoms with Crippen molar-refractivity contribution in [1.29, 1.82) is 5.26 Å². The lowest BCUT2D eigenvalue weighted by molar-refractivity contribution is 0.415. The van der Waals surface area contributed by atoms with Crippen molar-refractivity contribution in [2.75, 3.05) is 12.4 Å². The maximum Gasteiger partial charge on any atom is 0.133 e. The Labute approximate surface area is 124 Å². The van der Waals surface area contributed by atoms with Crippen LogP contribution in [0.2, 0.25) is 5.15 Å². The van der Waals surface area contributed by atoms with E-state index in [4.69, 9.17) is 21.6 Å². The fourth-order valence-corrected chi connectivity index (χ4v) is 2.21. The van der Waals surface area contributed by atoms with Crippen molar-refractivity contribution in [3.63, 3.8) is 0 Å². The third-order valence-electron chi connectivity index (χ3n) is 2.30. The highest BCUT2D eigenvalue weighted by Gasteiger charge is 2.04. The lowest BCUT2D eigenvalue weighted by Crippen LogP contribution is -1.95.